The number of hydrazine groups is 1. The minimum atomic E-state index is -0.526. The molecule has 0 radical (unpaired) electrons. The molecule has 2 aromatic rings. The highest BCUT2D eigenvalue weighted by Crippen LogP contribution is 2.10. The largest absolute Gasteiger partial charge is 0.476 e. The number of benzene rings is 1. The van der Waals surface area contributed by atoms with E-state index in [1.54, 1.807) is 13.0 Å². The van der Waals surface area contributed by atoms with Gasteiger partial charge in [0.25, 0.3) is 5.91 Å². The maximum absolute atomic E-state index is 12.9. The Bertz CT molecular complexity index is 699. The van der Waals surface area contributed by atoms with Gasteiger partial charge in [0.2, 0.25) is 11.2 Å². The van der Waals surface area contributed by atoms with Gasteiger partial charge in [-0.2, -0.15) is 0 Å². The molecule has 2 rings (SSSR count). The van der Waals surface area contributed by atoms with Gasteiger partial charge in [0.1, 0.15) is 11.6 Å². The second-order valence-corrected chi connectivity index (χ2v) is 4.14. The number of hydrogen-bond donors (Lipinski definition) is 2. The van der Waals surface area contributed by atoms with Crippen molar-refractivity contribution >= 4 is 11.6 Å². The van der Waals surface area contributed by atoms with Crippen LogP contribution in [-0.2, 0) is 4.79 Å². The lowest BCUT2D eigenvalue weighted by atomic mass is 10.3. The van der Waals surface area contributed by atoms with E-state index in [0.29, 0.717) is 5.69 Å². The Morgan fingerprint density at radius 2 is 2.19 bits per heavy atom. The van der Waals surface area contributed by atoms with Crippen LogP contribution in [0.3, 0.4) is 0 Å². The highest BCUT2D eigenvalue weighted by Gasteiger charge is 2.09. The van der Waals surface area contributed by atoms with E-state index in [-0.39, 0.29) is 23.5 Å². The summed E-state index contributed by atoms with van der Waals surface area (Å²) in [6.45, 7) is 1.18. The average molecular weight is 292 g/mol. The van der Waals surface area contributed by atoms with E-state index in [9.17, 15) is 14.0 Å². The summed E-state index contributed by atoms with van der Waals surface area (Å²) in [6.07, 6.45) is 1.25. The van der Waals surface area contributed by atoms with E-state index in [1.165, 1.54) is 30.5 Å². The molecule has 2 N–H and O–H groups in total. The molecule has 0 spiro atoms. The van der Waals surface area contributed by atoms with E-state index >= 15 is 0 Å². The normalized spacial score (nSPS) is 10.0. The molecular weight excluding hydrogens is 279 g/mol. The summed E-state index contributed by atoms with van der Waals surface area (Å²) in [6, 6.07) is 6.79. The number of rotatable bonds is 5. The van der Waals surface area contributed by atoms with Crippen LogP contribution in [0.1, 0.15) is 5.76 Å². The average Bonchev–Trinajstić information content (AvgIpc) is 2.45. The van der Waals surface area contributed by atoms with E-state index in [4.69, 9.17) is 9.15 Å². The second kappa shape index (κ2) is 6.56. The van der Waals surface area contributed by atoms with Gasteiger partial charge in [0.15, 0.2) is 6.61 Å². The van der Waals surface area contributed by atoms with E-state index < -0.39 is 11.7 Å². The smallest absolute Gasteiger partial charge is 0.276 e. The molecular formula is C14H13FN2O4. The summed E-state index contributed by atoms with van der Waals surface area (Å²) < 4.78 is 23.0. The number of carbonyl (C=O) groups excluding carboxylic acids is 1. The highest BCUT2D eigenvalue weighted by molar-refractivity contribution is 5.78. The van der Waals surface area contributed by atoms with Crippen LogP contribution in [-0.4, -0.2) is 12.5 Å². The molecule has 0 saturated carbocycles. The fourth-order valence-electron chi connectivity index (χ4n) is 1.56. The van der Waals surface area contributed by atoms with Gasteiger partial charge in [-0.3, -0.25) is 20.4 Å². The molecule has 110 valence electrons. The van der Waals surface area contributed by atoms with Gasteiger partial charge in [0, 0.05) is 6.07 Å². The number of amides is 1. The first-order valence-electron chi connectivity index (χ1n) is 6.08. The monoisotopic (exact) mass is 292 g/mol. The van der Waals surface area contributed by atoms with Crippen LogP contribution in [0.25, 0.3) is 0 Å². The fraction of sp³-hybridized carbons (Fsp3) is 0.143. The number of carbonyl (C=O) groups is 1. The molecule has 0 fully saturated rings. The van der Waals surface area contributed by atoms with Crippen LogP contribution in [0.5, 0.6) is 5.75 Å². The van der Waals surface area contributed by atoms with Crippen molar-refractivity contribution in [1.82, 2.24) is 5.43 Å². The Kier molecular flexibility index (Phi) is 4.55. The number of nitrogens with one attached hydrogen (secondary N) is 2. The summed E-state index contributed by atoms with van der Waals surface area (Å²) in [5.74, 6) is -0.684. The molecule has 0 aliphatic rings. The van der Waals surface area contributed by atoms with Crippen LogP contribution < -0.4 is 21.0 Å². The maximum atomic E-state index is 12.9. The molecule has 1 heterocycles. The van der Waals surface area contributed by atoms with Crippen molar-refractivity contribution in [3.8, 4) is 5.75 Å². The summed E-state index contributed by atoms with van der Waals surface area (Å²) in [7, 11) is 0. The van der Waals surface area contributed by atoms with Gasteiger partial charge in [-0.05, 0) is 25.1 Å². The van der Waals surface area contributed by atoms with Gasteiger partial charge in [-0.15, -0.1) is 0 Å². The van der Waals surface area contributed by atoms with E-state index in [1.807, 2.05) is 0 Å². The van der Waals surface area contributed by atoms with Crippen LogP contribution in [0.15, 0.2) is 45.8 Å². The maximum Gasteiger partial charge on any atom is 0.276 e. The van der Waals surface area contributed by atoms with Crippen molar-refractivity contribution in [2.24, 2.45) is 0 Å². The quantitative estimate of drug-likeness (QED) is 0.818. The lowest BCUT2D eigenvalue weighted by Gasteiger charge is -2.10. The van der Waals surface area contributed by atoms with E-state index in [2.05, 4.69) is 10.9 Å². The lowest BCUT2D eigenvalue weighted by Crippen LogP contribution is -2.34. The zero-order valence-electron chi connectivity index (χ0n) is 11.2. The first-order chi connectivity index (χ1) is 10.1. The third kappa shape index (κ3) is 4.07. The fourth-order valence-corrected chi connectivity index (χ4v) is 1.56. The van der Waals surface area contributed by atoms with Crippen molar-refractivity contribution in [3.05, 3.63) is 58.4 Å². The molecule has 1 amide bonds. The van der Waals surface area contributed by atoms with Crippen molar-refractivity contribution in [2.75, 3.05) is 12.0 Å². The predicted octanol–water partition coefficient (Wildman–Crippen LogP) is 1.61. The molecule has 0 aliphatic heterocycles. The molecule has 0 bridgehead atoms. The van der Waals surface area contributed by atoms with Crippen molar-refractivity contribution in [1.29, 1.82) is 0 Å². The Labute approximate surface area is 119 Å². The third-order valence-corrected chi connectivity index (χ3v) is 2.53. The topological polar surface area (TPSA) is 80.6 Å². The molecule has 0 atom stereocenters. The molecule has 0 aliphatic carbocycles. The summed E-state index contributed by atoms with van der Waals surface area (Å²) >= 11 is 0. The van der Waals surface area contributed by atoms with Crippen molar-refractivity contribution in [2.45, 2.75) is 6.92 Å². The molecule has 1 aromatic carbocycles. The zero-order valence-corrected chi connectivity index (χ0v) is 11.2. The standard InChI is InChI=1S/C14H13FN2O4/c1-9-14(12(18)5-6-20-9)21-8-13(19)17-16-11-4-2-3-10(15)7-11/h2-7,16H,8H2,1H3,(H,17,19). The zero-order chi connectivity index (χ0) is 15.2. The Balaban J connectivity index is 1.87. The van der Waals surface area contributed by atoms with Crippen molar-refractivity contribution < 1.29 is 18.3 Å². The van der Waals surface area contributed by atoms with Crippen molar-refractivity contribution in [3.63, 3.8) is 0 Å². The van der Waals surface area contributed by atoms with Crippen LogP contribution >= 0.6 is 0 Å². The SMILES string of the molecule is Cc1occc(=O)c1OCC(=O)NNc1cccc(F)c1. The summed E-state index contributed by atoms with van der Waals surface area (Å²) in [5.41, 5.74) is 4.87. The number of hydrogen-bond acceptors (Lipinski definition) is 5. The van der Waals surface area contributed by atoms with Gasteiger partial charge in [-0.1, -0.05) is 6.07 Å². The van der Waals surface area contributed by atoms with E-state index in [0.717, 1.165) is 0 Å². The van der Waals surface area contributed by atoms with Gasteiger partial charge >= 0.3 is 0 Å². The molecule has 0 saturated heterocycles. The molecule has 1 aromatic heterocycles. The predicted molar refractivity (Wildman–Crippen MR) is 73.4 cm³/mol. The Morgan fingerprint density at radius 1 is 1.38 bits per heavy atom. The molecule has 21 heavy (non-hydrogen) atoms. The Morgan fingerprint density at radius 3 is 2.90 bits per heavy atom. The third-order valence-electron chi connectivity index (χ3n) is 2.53. The number of aryl methyl sites for hydroxylation is 1. The molecule has 6 nitrogen and oxygen atoms in total. The van der Waals surface area contributed by atoms with Crippen LogP contribution in [0.2, 0.25) is 0 Å². The first-order valence-corrected chi connectivity index (χ1v) is 6.08. The van der Waals surface area contributed by atoms with Crippen LogP contribution in [0.4, 0.5) is 10.1 Å². The molecule has 0 unspecified atom stereocenters. The van der Waals surface area contributed by atoms with Crippen LogP contribution in [0, 0.1) is 12.7 Å². The van der Waals surface area contributed by atoms with Gasteiger partial charge in [-0.25, -0.2) is 4.39 Å². The van der Waals surface area contributed by atoms with Gasteiger partial charge in [0.05, 0.1) is 12.0 Å². The number of ether oxygens (including phenoxy) is 1. The summed E-state index contributed by atoms with van der Waals surface area (Å²) in [5, 5.41) is 0. The minimum Gasteiger partial charge on any atom is -0.476 e. The lowest BCUT2D eigenvalue weighted by molar-refractivity contribution is -0.122. The second-order valence-electron chi connectivity index (χ2n) is 4.14. The Hall–Kier alpha value is -2.83. The number of halogens is 1. The highest BCUT2D eigenvalue weighted by atomic mass is 19.1. The summed E-state index contributed by atoms with van der Waals surface area (Å²) in [4.78, 5) is 23.1. The van der Waals surface area contributed by atoms with Gasteiger partial charge < -0.3 is 9.15 Å². The molecule has 7 heteroatoms. The number of anilines is 1. The first kappa shape index (κ1) is 14.6. The minimum absolute atomic E-state index is 0.0154.